The van der Waals surface area contributed by atoms with E-state index >= 15 is 0 Å². The summed E-state index contributed by atoms with van der Waals surface area (Å²) in [5, 5.41) is 2.89. The highest BCUT2D eigenvalue weighted by molar-refractivity contribution is 9.12. The van der Waals surface area contributed by atoms with Crippen LogP contribution in [0.5, 0.6) is 0 Å². The number of aromatic nitrogens is 1. The van der Waals surface area contributed by atoms with Gasteiger partial charge in [-0.2, -0.15) is 4.99 Å². The molecule has 1 aromatic carbocycles. The van der Waals surface area contributed by atoms with Gasteiger partial charge in [-0.05, 0) is 54.5 Å². The van der Waals surface area contributed by atoms with Gasteiger partial charge in [0, 0.05) is 41.2 Å². The van der Waals surface area contributed by atoms with Crippen LogP contribution in [0, 0.1) is 18.3 Å². The summed E-state index contributed by atoms with van der Waals surface area (Å²) in [6, 6.07) is 11.0. The van der Waals surface area contributed by atoms with Crippen molar-refractivity contribution >= 4 is 45.0 Å². The van der Waals surface area contributed by atoms with Crippen molar-refractivity contribution in [2.24, 2.45) is 15.9 Å². The maximum Gasteiger partial charge on any atom is 0.260 e. The Hall–Kier alpha value is -3.83. The average molecular weight is 516 g/mol. The SMILES string of the molecule is C#CCN(CC1=CC2C(=O)N=C(C)N=C2C=C1Br)c1ccc(C(=O)NCc2cccnc2)cc1. The summed E-state index contributed by atoms with van der Waals surface area (Å²) in [6.07, 6.45) is 12.8. The minimum atomic E-state index is -0.487. The van der Waals surface area contributed by atoms with Crippen molar-refractivity contribution < 1.29 is 9.59 Å². The highest BCUT2D eigenvalue weighted by atomic mass is 79.9. The normalized spacial score (nSPS) is 16.9. The van der Waals surface area contributed by atoms with Crippen molar-refractivity contribution in [2.45, 2.75) is 13.5 Å². The molecule has 4 rings (SSSR count). The minimum Gasteiger partial charge on any atom is -0.356 e. The van der Waals surface area contributed by atoms with Crippen LogP contribution in [0.1, 0.15) is 22.8 Å². The molecule has 2 aliphatic rings. The van der Waals surface area contributed by atoms with E-state index < -0.39 is 5.92 Å². The van der Waals surface area contributed by atoms with Crippen molar-refractivity contribution in [3.05, 3.63) is 82.1 Å². The van der Waals surface area contributed by atoms with Crippen molar-refractivity contribution in [2.75, 3.05) is 18.0 Å². The lowest BCUT2D eigenvalue weighted by molar-refractivity contribution is -0.118. The number of pyridine rings is 1. The second kappa shape index (κ2) is 10.4. The van der Waals surface area contributed by atoms with E-state index in [1.54, 1.807) is 31.5 Å². The third-order valence-corrected chi connectivity index (χ3v) is 6.15. The lowest BCUT2D eigenvalue weighted by Gasteiger charge is -2.27. The Kier molecular flexibility index (Phi) is 7.14. The van der Waals surface area contributed by atoms with Crippen LogP contribution in [0.2, 0.25) is 0 Å². The topological polar surface area (TPSA) is 87.0 Å². The van der Waals surface area contributed by atoms with Gasteiger partial charge in [-0.3, -0.25) is 14.6 Å². The molecule has 2 aromatic rings. The smallest absolute Gasteiger partial charge is 0.260 e. The molecule has 0 saturated heterocycles. The molecule has 1 aliphatic carbocycles. The quantitative estimate of drug-likeness (QED) is 0.569. The third kappa shape index (κ3) is 5.38. The van der Waals surface area contributed by atoms with Crippen LogP contribution in [0.4, 0.5) is 5.69 Å². The first-order chi connectivity index (χ1) is 16.4. The zero-order valence-electron chi connectivity index (χ0n) is 18.5. The van der Waals surface area contributed by atoms with Crippen LogP contribution in [0.25, 0.3) is 0 Å². The van der Waals surface area contributed by atoms with E-state index in [0.717, 1.165) is 21.3 Å². The molecule has 0 bridgehead atoms. The Balaban J connectivity index is 1.46. The third-order valence-electron chi connectivity index (χ3n) is 5.41. The van der Waals surface area contributed by atoms with E-state index in [1.807, 2.05) is 41.3 Å². The van der Waals surface area contributed by atoms with Crippen molar-refractivity contribution in [3.8, 4) is 12.3 Å². The molecule has 0 saturated carbocycles. The van der Waals surface area contributed by atoms with E-state index in [1.165, 1.54) is 0 Å². The number of benzene rings is 1. The van der Waals surface area contributed by atoms with E-state index in [2.05, 4.69) is 42.1 Å². The molecule has 0 radical (unpaired) electrons. The molecular formula is C26H22BrN5O2. The summed E-state index contributed by atoms with van der Waals surface area (Å²) in [6.45, 7) is 2.95. The number of carbonyl (C=O) groups is 2. The highest BCUT2D eigenvalue weighted by Gasteiger charge is 2.29. The lowest BCUT2D eigenvalue weighted by Crippen LogP contribution is -2.31. The number of nitrogens with one attached hydrogen (secondary N) is 1. The number of fused-ring (bicyclic) bond motifs is 1. The first-order valence-corrected chi connectivity index (χ1v) is 11.5. The number of aliphatic imine (C=N–C) groups is 2. The summed E-state index contributed by atoms with van der Waals surface area (Å²) in [5.74, 6) is 2.27. The molecule has 1 aromatic heterocycles. The van der Waals surface area contributed by atoms with Crippen molar-refractivity contribution in [1.82, 2.24) is 10.3 Å². The van der Waals surface area contributed by atoms with Crippen molar-refractivity contribution in [3.63, 3.8) is 0 Å². The average Bonchev–Trinajstić information content (AvgIpc) is 2.83. The number of amidine groups is 1. The number of terminal acetylenes is 1. The molecule has 7 nitrogen and oxygen atoms in total. The van der Waals surface area contributed by atoms with Gasteiger partial charge in [-0.1, -0.05) is 34.0 Å². The number of halogens is 1. The lowest BCUT2D eigenvalue weighted by atomic mass is 9.92. The zero-order chi connectivity index (χ0) is 24.1. The van der Waals surface area contributed by atoms with E-state index in [-0.39, 0.29) is 11.8 Å². The van der Waals surface area contributed by atoms with Gasteiger partial charge >= 0.3 is 0 Å². The van der Waals surface area contributed by atoms with Gasteiger partial charge in [0.05, 0.1) is 12.3 Å². The van der Waals surface area contributed by atoms with Gasteiger partial charge in [-0.15, -0.1) is 6.42 Å². The fraction of sp³-hybridized carbons (Fsp3) is 0.192. The molecule has 1 N–H and O–H groups in total. The molecule has 8 heteroatoms. The Morgan fingerprint density at radius 2 is 2.03 bits per heavy atom. The second-order valence-electron chi connectivity index (χ2n) is 7.85. The van der Waals surface area contributed by atoms with Crippen LogP contribution in [0.15, 0.2) is 81.0 Å². The fourth-order valence-corrected chi connectivity index (χ4v) is 4.20. The molecule has 1 atom stereocenters. The van der Waals surface area contributed by atoms with Crippen LogP contribution >= 0.6 is 15.9 Å². The Bertz CT molecular complexity index is 1270. The van der Waals surface area contributed by atoms with Gasteiger partial charge < -0.3 is 10.2 Å². The zero-order valence-corrected chi connectivity index (χ0v) is 20.1. The Morgan fingerprint density at radius 3 is 2.74 bits per heavy atom. The summed E-state index contributed by atoms with van der Waals surface area (Å²) >= 11 is 3.60. The highest BCUT2D eigenvalue weighted by Crippen LogP contribution is 2.30. The maximum atomic E-state index is 12.5. The summed E-state index contributed by atoms with van der Waals surface area (Å²) in [7, 11) is 0. The molecule has 170 valence electrons. The molecule has 2 heterocycles. The monoisotopic (exact) mass is 515 g/mol. The first-order valence-electron chi connectivity index (χ1n) is 10.7. The summed E-state index contributed by atoms with van der Waals surface area (Å²) in [4.78, 5) is 39.3. The first kappa shape index (κ1) is 23.3. The van der Waals surface area contributed by atoms with Crippen LogP contribution in [0.3, 0.4) is 0 Å². The molecule has 2 amide bonds. The molecular weight excluding hydrogens is 494 g/mol. The summed E-state index contributed by atoms with van der Waals surface area (Å²) in [5.41, 5.74) is 3.94. The number of carbonyl (C=O) groups excluding carboxylic acids is 2. The van der Waals surface area contributed by atoms with Gasteiger partial charge in [0.2, 0.25) is 0 Å². The number of rotatable bonds is 7. The molecule has 1 unspecified atom stereocenters. The summed E-state index contributed by atoms with van der Waals surface area (Å²) < 4.78 is 0.846. The molecule has 0 spiro atoms. The predicted molar refractivity (Wildman–Crippen MR) is 137 cm³/mol. The number of allylic oxidation sites excluding steroid dienone is 1. The minimum absolute atomic E-state index is 0.168. The molecule has 0 fully saturated rings. The van der Waals surface area contributed by atoms with Gasteiger partial charge in [0.25, 0.3) is 11.8 Å². The largest absolute Gasteiger partial charge is 0.356 e. The molecule has 1 aliphatic heterocycles. The van der Waals surface area contributed by atoms with Crippen LogP contribution in [-0.4, -0.2) is 41.4 Å². The number of anilines is 1. The number of hydrogen-bond donors (Lipinski definition) is 1. The van der Waals surface area contributed by atoms with Crippen molar-refractivity contribution in [1.29, 1.82) is 0 Å². The number of hydrogen-bond acceptors (Lipinski definition) is 5. The van der Waals surface area contributed by atoms with E-state index in [0.29, 0.717) is 36.7 Å². The van der Waals surface area contributed by atoms with E-state index in [9.17, 15) is 9.59 Å². The maximum absolute atomic E-state index is 12.5. The van der Waals surface area contributed by atoms with Gasteiger partial charge in [0.15, 0.2) is 0 Å². The van der Waals surface area contributed by atoms with Gasteiger partial charge in [0.1, 0.15) is 11.8 Å². The van der Waals surface area contributed by atoms with Crippen LogP contribution in [-0.2, 0) is 11.3 Å². The molecule has 34 heavy (non-hydrogen) atoms. The van der Waals surface area contributed by atoms with Crippen LogP contribution < -0.4 is 10.2 Å². The Labute approximate surface area is 206 Å². The Morgan fingerprint density at radius 1 is 1.24 bits per heavy atom. The predicted octanol–water partition coefficient (Wildman–Crippen LogP) is 3.69. The van der Waals surface area contributed by atoms with E-state index in [4.69, 9.17) is 6.42 Å². The number of amides is 2. The standard InChI is InChI=1S/C26H22BrN5O2/c1-3-11-32(16-20-12-22-24(13-23(20)27)30-17(2)31-26(22)34)21-8-6-19(7-9-21)25(33)29-15-18-5-4-10-28-14-18/h1,4-10,12-14,22H,11,15-16H2,2H3,(H,29,33). The second-order valence-corrected chi connectivity index (χ2v) is 8.70. The fourth-order valence-electron chi connectivity index (χ4n) is 3.71. The van der Waals surface area contributed by atoms with Gasteiger partial charge in [-0.25, -0.2) is 4.99 Å². The number of nitrogens with zero attached hydrogens (tertiary/aromatic N) is 4.